The smallest absolute Gasteiger partial charge is 0.244 e. The molecule has 18 heavy (non-hydrogen) atoms. The van der Waals surface area contributed by atoms with Gasteiger partial charge in [0.1, 0.15) is 4.90 Å². The molecule has 0 amide bonds. The maximum Gasteiger partial charge on any atom is 0.244 e. The number of nitrogen functional groups attached to an aromatic ring is 1. The highest BCUT2D eigenvalue weighted by atomic mass is 32.2. The van der Waals surface area contributed by atoms with E-state index in [-0.39, 0.29) is 16.1 Å². The van der Waals surface area contributed by atoms with Crippen LogP contribution in [0.4, 0.5) is 5.82 Å². The highest BCUT2D eigenvalue weighted by Crippen LogP contribution is 2.51. The lowest BCUT2D eigenvalue weighted by Crippen LogP contribution is -2.28. The molecule has 6 nitrogen and oxygen atoms in total. The Kier molecular flexibility index (Phi) is 3.31. The Morgan fingerprint density at radius 1 is 1.56 bits per heavy atom. The monoisotopic (exact) mass is 270 g/mol. The van der Waals surface area contributed by atoms with Gasteiger partial charge in [0.05, 0.1) is 0 Å². The minimum atomic E-state index is -3.56. The minimum Gasteiger partial charge on any atom is -0.307 e. The molecule has 0 radical (unpaired) electrons. The normalized spacial score (nSPS) is 21.6. The standard InChI is InChI=1S/C11H18N4O2S/c1-11(2)6-8(11)7-14-18(16,17)9-4-3-5-13-10(9)15-12/h3-5,8,14H,6-7,12H2,1-2H3,(H,13,15). The SMILES string of the molecule is CC1(C)CC1CNS(=O)(=O)c1cccnc1NN. The number of hydrogen-bond acceptors (Lipinski definition) is 5. The van der Waals surface area contributed by atoms with Crippen molar-refractivity contribution in [2.45, 2.75) is 25.2 Å². The fraction of sp³-hybridized carbons (Fsp3) is 0.545. The maximum atomic E-state index is 12.1. The van der Waals surface area contributed by atoms with Crippen molar-refractivity contribution in [3.05, 3.63) is 18.3 Å². The highest BCUT2D eigenvalue weighted by Gasteiger charge is 2.45. The molecule has 0 aromatic carbocycles. The van der Waals surface area contributed by atoms with Crippen LogP contribution in [0.15, 0.2) is 23.2 Å². The predicted molar refractivity (Wildman–Crippen MR) is 69.1 cm³/mol. The van der Waals surface area contributed by atoms with Gasteiger partial charge in [-0.3, -0.25) is 0 Å². The Bertz CT molecular complexity index is 542. The second-order valence-electron chi connectivity index (χ2n) is 5.24. The Labute approximate surface area is 107 Å². The first-order chi connectivity index (χ1) is 8.37. The number of nitrogens with two attached hydrogens (primary N) is 1. The van der Waals surface area contributed by atoms with Crippen LogP contribution in [0.5, 0.6) is 0 Å². The van der Waals surface area contributed by atoms with Crippen molar-refractivity contribution < 1.29 is 8.42 Å². The average Bonchev–Trinajstić information content (AvgIpc) is 2.95. The van der Waals surface area contributed by atoms with Crippen molar-refractivity contribution in [2.75, 3.05) is 12.0 Å². The van der Waals surface area contributed by atoms with Gasteiger partial charge in [0.2, 0.25) is 10.0 Å². The molecule has 2 rings (SSSR count). The van der Waals surface area contributed by atoms with Crippen LogP contribution in [0.1, 0.15) is 20.3 Å². The average molecular weight is 270 g/mol. The van der Waals surface area contributed by atoms with Gasteiger partial charge >= 0.3 is 0 Å². The lowest BCUT2D eigenvalue weighted by atomic mass is 10.1. The molecule has 1 aliphatic rings. The maximum absolute atomic E-state index is 12.1. The van der Waals surface area contributed by atoms with E-state index in [2.05, 4.69) is 29.0 Å². The first-order valence-electron chi connectivity index (χ1n) is 5.78. The first kappa shape index (κ1) is 13.3. The van der Waals surface area contributed by atoms with E-state index in [1.54, 1.807) is 6.07 Å². The molecule has 1 heterocycles. The quantitative estimate of drug-likeness (QED) is 0.540. The van der Waals surface area contributed by atoms with Crippen LogP contribution in [-0.2, 0) is 10.0 Å². The lowest BCUT2D eigenvalue weighted by molar-refractivity contribution is 0.537. The number of anilines is 1. The Morgan fingerprint density at radius 2 is 2.22 bits per heavy atom. The van der Waals surface area contributed by atoms with Crippen molar-refractivity contribution in [2.24, 2.45) is 17.2 Å². The molecule has 1 aromatic rings. The summed E-state index contributed by atoms with van der Waals surface area (Å²) in [5.41, 5.74) is 2.53. The molecule has 1 aliphatic carbocycles. The first-order valence-corrected chi connectivity index (χ1v) is 7.26. The molecule has 1 aromatic heterocycles. The summed E-state index contributed by atoms with van der Waals surface area (Å²) in [6.07, 6.45) is 2.53. The van der Waals surface area contributed by atoms with Gasteiger partial charge in [0.15, 0.2) is 5.82 Å². The molecule has 0 saturated heterocycles. The van der Waals surface area contributed by atoms with Gasteiger partial charge in [-0.05, 0) is 29.9 Å². The summed E-state index contributed by atoms with van der Waals surface area (Å²) in [4.78, 5) is 3.95. The number of pyridine rings is 1. The molecular formula is C11H18N4O2S. The molecular weight excluding hydrogens is 252 g/mol. The van der Waals surface area contributed by atoms with Gasteiger partial charge in [0.25, 0.3) is 0 Å². The Hall–Kier alpha value is -1.18. The third-order valence-corrected chi connectivity index (χ3v) is 4.89. The van der Waals surface area contributed by atoms with Gasteiger partial charge < -0.3 is 5.43 Å². The van der Waals surface area contributed by atoms with Gasteiger partial charge in [-0.25, -0.2) is 24.0 Å². The van der Waals surface area contributed by atoms with Crippen LogP contribution >= 0.6 is 0 Å². The fourth-order valence-electron chi connectivity index (χ4n) is 1.93. The van der Waals surface area contributed by atoms with Gasteiger partial charge in [-0.2, -0.15) is 0 Å². The second kappa shape index (κ2) is 4.49. The van der Waals surface area contributed by atoms with Crippen LogP contribution in [0.25, 0.3) is 0 Å². The second-order valence-corrected chi connectivity index (χ2v) is 6.97. The van der Waals surface area contributed by atoms with Crippen LogP contribution < -0.4 is 16.0 Å². The molecule has 1 fully saturated rings. The van der Waals surface area contributed by atoms with E-state index < -0.39 is 10.0 Å². The third-order valence-electron chi connectivity index (χ3n) is 3.43. The zero-order valence-electron chi connectivity index (χ0n) is 10.5. The van der Waals surface area contributed by atoms with E-state index in [0.29, 0.717) is 12.5 Å². The zero-order valence-corrected chi connectivity index (χ0v) is 11.3. The van der Waals surface area contributed by atoms with Crippen LogP contribution in [0, 0.1) is 11.3 Å². The molecule has 1 atom stereocenters. The van der Waals surface area contributed by atoms with Gasteiger partial charge in [0, 0.05) is 12.7 Å². The molecule has 100 valence electrons. The number of hydrogen-bond donors (Lipinski definition) is 3. The zero-order chi connectivity index (χ0) is 13.4. The van der Waals surface area contributed by atoms with Crippen LogP contribution in [-0.4, -0.2) is 19.9 Å². The minimum absolute atomic E-state index is 0.0750. The van der Waals surface area contributed by atoms with E-state index in [9.17, 15) is 8.42 Å². The van der Waals surface area contributed by atoms with Gasteiger partial charge in [-0.15, -0.1) is 0 Å². The summed E-state index contributed by atoms with van der Waals surface area (Å²) < 4.78 is 26.8. The number of nitrogens with one attached hydrogen (secondary N) is 2. The van der Waals surface area contributed by atoms with E-state index in [1.807, 2.05) is 0 Å². The molecule has 0 bridgehead atoms. The summed E-state index contributed by atoms with van der Waals surface area (Å²) in [5.74, 6) is 5.81. The lowest BCUT2D eigenvalue weighted by Gasteiger charge is -2.10. The van der Waals surface area contributed by atoms with E-state index in [1.165, 1.54) is 12.3 Å². The summed E-state index contributed by atoms with van der Waals surface area (Å²) >= 11 is 0. The van der Waals surface area contributed by atoms with Crippen molar-refractivity contribution in [1.82, 2.24) is 9.71 Å². The summed E-state index contributed by atoms with van der Waals surface area (Å²) in [7, 11) is -3.56. The fourth-order valence-corrected chi connectivity index (χ4v) is 3.13. The Morgan fingerprint density at radius 3 is 2.78 bits per heavy atom. The van der Waals surface area contributed by atoms with E-state index in [4.69, 9.17) is 5.84 Å². The number of rotatable bonds is 5. The number of hydrazine groups is 1. The van der Waals surface area contributed by atoms with Crippen molar-refractivity contribution in [1.29, 1.82) is 0 Å². The number of sulfonamides is 1. The Balaban J connectivity index is 2.11. The summed E-state index contributed by atoms with van der Waals surface area (Å²) in [6.45, 7) is 4.71. The summed E-state index contributed by atoms with van der Waals surface area (Å²) in [5, 5.41) is 0. The largest absolute Gasteiger partial charge is 0.307 e. The molecule has 1 saturated carbocycles. The molecule has 0 spiro atoms. The molecule has 7 heteroatoms. The van der Waals surface area contributed by atoms with Crippen molar-refractivity contribution >= 4 is 15.8 Å². The highest BCUT2D eigenvalue weighted by molar-refractivity contribution is 7.89. The van der Waals surface area contributed by atoms with E-state index in [0.717, 1.165) is 6.42 Å². The van der Waals surface area contributed by atoms with E-state index >= 15 is 0 Å². The van der Waals surface area contributed by atoms with Crippen molar-refractivity contribution in [3.8, 4) is 0 Å². The van der Waals surface area contributed by atoms with Crippen LogP contribution in [0.2, 0.25) is 0 Å². The molecule has 1 unspecified atom stereocenters. The summed E-state index contributed by atoms with van der Waals surface area (Å²) in [6, 6.07) is 3.04. The molecule has 0 aliphatic heterocycles. The third kappa shape index (κ3) is 2.63. The topological polar surface area (TPSA) is 97.1 Å². The molecule has 4 N–H and O–H groups in total. The van der Waals surface area contributed by atoms with Crippen molar-refractivity contribution in [3.63, 3.8) is 0 Å². The number of aromatic nitrogens is 1. The van der Waals surface area contributed by atoms with Crippen LogP contribution in [0.3, 0.4) is 0 Å². The number of nitrogens with zero attached hydrogens (tertiary/aromatic N) is 1. The predicted octanol–water partition coefficient (Wildman–Crippen LogP) is 0.692. The van der Waals surface area contributed by atoms with Gasteiger partial charge in [-0.1, -0.05) is 13.8 Å².